The summed E-state index contributed by atoms with van der Waals surface area (Å²) in [5.74, 6) is 0.492. The van der Waals surface area contributed by atoms with Gasteiger partial charge in [0, 0.05) is 6.04 Å². The SMILES string of the molecule is Cc1cccc(-c2cccc(CN=C(N)NC(C)C)c2)c1.I. The monoisotopic (exact) mass is 409 g/mol. The average molecular weight is 409 g/mol. The molecule has 4 heteroatoms. The molecular formula is C18H24IN3. The number of aliphatic imine (C=N–C) groups is 1. The van der Waals surface area contributed by atoms with Crippen molar-refractivity contribution in [3.63, 3.8) is 0 Å². The molecule has 0 aliphatic rings. The van der Waals surface area contributed by atoms with Crippen molar-refractivity contribution in [2.24, 2.45) is 10.7 Å². The van der Waals surface area contributed by atoms with Crippen molar-refractivity contribution >= 4 is 29.9 Å². The minimum absolute atomic E-state index is 0. The number of nitrogens with zero attached hydrogens (tertiary/aromatic N) is 1. The van der Waals surface area contributed by atoms with Crippen LogP contribution in [0.2, 0.25) is 0 Å². The van der Waals surface area contributed by atoms with E-state index in [1.54, 1.807) is 0 Å². The number of rotatable bonds is 4. The summed E-state index contributed by atoms with van der Waals surface area (Å²) >= 11 is 0. The normalized spacial score (nSPS) is 11.2. The van der Waals surface area contributed by atoms with E-state index in [1.165, 1.54) is 16.7 Å². The smallest absolute Gasteiger partial charge is 0.189 e. The summed E-state index contributed by atoms with van der Waals surface area (Å²) < 4.78 is 0. The number of benzene rings is 2. The van der Waals surface area contributed by atoms with Gasteiger partial charge >= 0.3 is 0 Å². The second-order valence-corrected chi connectivity index (χ2v) is 5.57. The highest BCUT2D eigenvalue weighted by Crippen LogP contribution is 2.21. The predicted molar refractivity (Wildman–Crippen MR) is 106 cm³/mol. The summed E-state index contributed by atoms with van der Waals surface area (Å²) in [6.07, 6.45) is 0. The highest BCUT2D eigenvalue weighted by molar-refractivity contribution is 14.0. The number of halogens is 1. The van der Waals surface area contributed by atoms with Gasteiger partial charge in [-0.05, 0) is 43.5 Å². The van der Waals surface area contributed by atoms with Gasteiger partial charge in [-0.1, -0.05) is 48.0 Å². The Morgan fingerprint density at radius 1 is 1.09 bits per heavy atom. The minimum Gasteiger partial charge on any atom is -0.370 e. The van der Waals surface area contributed by atoms with E-state index in [0.717, 1.165) is 5.56 Å². The Morgan fingerprint density at radius 2 is 1.73 bits per heavy atom. The first-order valence-corrected chi connectivity index (χ1v) is 7.27. The summed E-state index contributed by atoms with van der Waals surface area (Å²) in [4.78, 5) is 4.37. The van der Waals surface area contributed by atoms with E-state index in [9.17, 15) is 0 Å². The predicted octanol–water partition coefficient (Wildman–Crippen LogP) is 4.09. The molecule has 2 rings (SSSR count). The number of guanidine groups is 1. The van der Waals surface area contributed by atoms with Crippen molar-refractivity contribution in [3.8, 4) is 11.1 Å². The molecule has 0 spiro atoms. The van der Waals surface area contributed by atoms with Gasteiger partial charge in [0.2, 0.25) is 0 Å². The average Bonchev–Trinajstić information content (AvgIpc) is 2.45. The third-order valence-corrected chi connectivity index (χ3v) is 3.15. The van der Waals surface area contributed by atoms with Crippen molar-refractivity contribution in [2.75, 3.05) is 0 Å². The number of hydrogen-bond acceptors (Lipinski definition) is 1. The Bertz CT molecular complexity index is 636. The fourth-order valence-corrected chi connectivity index (χ4v) is 2.19. The van der Waals surface area contributed by atoms with Gasteiger partial charge < -0.3 is 11.1 Å². The maximum Gasteiger partial charge on any atom is 0.189 e. The highest BCUT2D eigenvalue weighted by Gasteiger charge is 2.00. The van der Waals surface area contributed by atoms with Gasteiger partial charge in [-0.2, -0.15) is 0 Å². The van der Waals surface area contributed by atoms with E-state index in [-0.39, 0.29) is 24.0 Å². The van der Waals surface area contributed by atoms with E-state index < -0.39 is 0 Å². The Morgan fingerprint density at radius 3 is 2.36 bits per heavy atom. The Balaban J connectivity index is 0.00000242. The maximum absolute atomic E-state index is 5.83. The van der Waals surface area contributed by atoms with Crippen LogP contribution in [0.4, 0.5) is 0 Å². The Hall–Kier alpha value is -1.56. The molecule has 3 N–H and O–H groups in total. The molecule has 0 atom stereocenters. The van der Waals surface area contributed by atoms with Crippen LogP contribution in [0.1, 0.15) is 25.0 Å². The molecule has 0 unspecified atom stereocenters. The zero-order chi connectivity index (χ0) is 15.2. The van der Waals surface area contributed by atoms with E-state index >= 15 is 0 Å². The minimum atomic E-state index is 0. The summed E-state index contributed by atoms with van der Waals surface area (Å²) in [5.41, 5.74) is 10.7. The van der Waals surface area contributed by atoms with Gasteiger partial charge in [-0.25, -0.2) is 4.99 Å². The van der Waals surface area contributed by atoms with Crippen molar-refractivity contribution in [1.29, 1.82) is 0 Å². The molecule has 0 aliphatic heterocycles. The van der Waals surface area contributed by atoms with Crippen LogP contribution in [-0.2, 0) is 6.54 Å². The zero-order valence-electron chi connectivity index (χ0n) is 13.3. The molecule has 2 aromatic rings. The topological polar surface area (TPSA) is 50.4 Å². The van der Waals surface area contributed by atoms with E-state index in [4.69, 9.17) is 5.73 Å². The molecule has 2 aromatic carbocycles. The van der Waals surface area contributed by atoms with E-state index in [0.29, 0.717) is 18.5 Å². The third kappa shape index (κ3) is 5.67. The van der Waals surface area contributed by atoms with Crippen LogP contribution in [0, 0.1) is 6.92 Å². The van der Waals surface area contributed by atoms with Crippen LogP contribution in [0.3, 0.4) is 0 Å². The molecule has 0 radical (unpaired) electrons. The molecule has 0 bridgehead atoms. The number of nitrogens with two attached hydrogens (primary N) is 1. The number of aryl methyl sites for hydroxylation is 1. The van der Waals surface area contributed by atoms with E-state index in [1.807, 2.05) is 13.8 Å². The van der Waals surface area contributed by atoms with Crippen molar-refractivity contribution in [3.05, 3.63) is 59.7 Å². The summed E-state index contributed by atoms with van der Waals surface area (Å²) in [5, 5.41) is 3.09. The maximum atomic E-state index is 5.83. The van der Waals surface area contributed by atoms with Gasteiger partial charge in [0.25, 0.3) is 0 Å². The lowest BCUT2D eigenvalue weighted by molar-refractivity contribution is 0.723. The molecule has 0 aromatic heterocycles. The van der Waals surface area contributed by atoms with Gasteiger partial charge in [-0.3, -0.25) is 0 Å². The lowest BCUT2D eigenvalue weighted by Gasteiger charge is -2.09. The quantitative estimate of drug-likeness (QED) is 0.454. The van der Waals surface area contributed by atoms with Crippen LogP contribution in [0.5, 0.6) is 0 Å². The molecule has 22 heavy (non-hydrogen) atoms. The van der Waals surface area contributed by atoms with Crippen LogP contribution in [0.15, 0.2) is 53.5 Å². The molecule has 0 fully saturated rings. The van der Waals surface area contributed by atoms with Crippen LogP contribution < -0.4 is 11.1 Å². The molecule has 3 nitrogen and oxygen atoms in total. The Labute approximate surface area is 150 Å². The first-order valence-electron chi connectivity index (χ1n) is 7.27. The van der Waals surface area contributed by atoms with Crippen LogP contribution in [-0.4, -0.2) is 12.0 Å². The first-order chi connectivity index (χ1) is 10.0. The van der Waals surface area contributed by atoms with Gasteiger partial charge in [-0.15, -0.1) is 24.0 Å². The Kier molecular flexibility index (Phi) is 7.38. The number of nitrogens with one attached hydrogen (secondary N) is 1. The molecular weight excluding hydrogens is 385 g/mol. The molecule has 0 saturated carbocycles. The number of hydrogen-bond donors (Lipinski definition) is 2. The van der Waals surface area contributed by atoms with Crippen molar-refractivity contribution in [1.82, 2.24) is 5.32 Å². The summed E-state index contributed by atoms with van der Waals surface area (Å²) in [7, 11) is 0. The van der Waals surface area contributed by atoms with Crippen LogP contribution in [0.25, 0.3) is 11.1 Å². The first kappa shape index (κ1) is 18.5. The third-order valence-electron chi connectivity index (χ3n) is 3.15. The van der Waals surface area contributed by atoms with Crippen molar-refractivity contribution in [2.45, 2.75) is 33.4 Å². The molecule has 0 heterocycles. The summed E-state index contributed by atoms with van der Waals surface area (Å²) in [6, 6.07) is 17.2. The fraction of sp³-hybridized carbons (Fsp3) is 0.278. The largest absolute Gasteiger partial charge is 0.370 e. The standard InChI is InChI=1S/C18H23N3.HI/c1-13(2)21-18(19)20-12-15-7-5-9-17(11-15)16-8-4-6-14(3)10-16;/h4-11,13H,12H2,1-3H3,(H3,19,20,21);1H. The van der Waals surface area contributed by atoms with Gasteiger partial charge in [0.15, 0.2) is 5.96 Å². The van der Waals surface area contributed by atoms with Crippen LogP contribution >= 0.6 is 24.0 Å². The fourth-order valence-electron chi connectivity index (χ4n) is 2.19. The highest BCUT2D eigenvalue weighted by atomic mass is 127. The van der Waals surface area contributed by atoms with Gasteiger partial charge in [0.05, 0.1) is 6.54 Å². The van der Waals surface area contributed by atoms with Gasteiger partial charge in [0.1, 0.15) is 0 Å². The van der Waals surface area contributed by atoms with E-state index in [2.05, 4.69) is 65.8 Å². The second-order valence-electron chi connectivity index (χ2n) is 5.57. The lowest BCUT2D eigenvalue weighted by atomic mass is 10.0. The molecule has 0 saturated heterocycles. The lowest BCUT2D eigenvalue weighted by Crippen LogP contribution is -2.36. The molecule has 0 aliphatic carbocycles. The van der Waals surface area contributed by atoms with Crippen molar-refractivity contribution < 1.29 is 0 Å². The molecule has 0 amide bonds. The summed E-state index contributed by atoms with van der Waals surface area (Å²) in [6.45, 7) is 6.78. The second kappa shape index (κ2) is 8.78. The zero-order valence-corrected chi connectivity index (χ0v) is 15.7. The molecule has 118 valence electrons.